The summed E-state index contributed by atoms with van der Waals surface area (Å²) in [7, 11) is 0. The van der Waals surface area contributed by atoms with E-state index in [9.17, 15) is 0 Å². The molecule has 4 rings (SSSR count). The van der Waals surface area contributed by atoms with Crippen LogP contribution in [0.4, 0.5) is 5.82 Å². The molecule has 4 nitrogen and oxygen atoms in total. The summed E-state index contributed by atoms with van der Waals surface area (Å²) in [5, 5.41) is 8.01. The average molecular weight is 426 g/mol. The number of para-hydroxylation sites is 1. The van der Waals surface area contributed by atoms with Crippen LogP contribution >= 0.6 is 0 Å². The second-order valence-electron chi connectivity index (χ2n) is 7.24. The third-order valence-electron chi connectivity index (χ3n) is 4.73. The topological polar surface area (TPSA) is 39.1 Å². The summed E-state index contributed by atoms with van der Waals surface area (Å²) in [5.74, 6) is 1.77. The molecule has 0 atom stereocenters. The number of hydrogen-bond acceptors (Lipinski definition) is 3. The van der Waals surface area contributed by atoms with Gasteiger partial charge in [0.2, 0.25) is 0 Å². The highest BCUT2D eigenvalue weighted by Crippen LogP contribution is 2.20. The van der Waals surface area contributed by atoms with Crippen LogP contribution < -0.4 is 10.1 Å². The number of nitrogens with one attached hydrogen (secondary N) is 1. The van der Waals surface area contributed by atoms with Crippen LogP contribution in [0, 0.1) is 6.92 Å². The fraction of sp³-hybridized carbons (Fsp3) is 0.179. The van der Waals surface area contributed by atoms with Crippen molar-refractivity contribution in [1.82, 2.24) is 9.78 Å². The Labute approximate surface area is 191 Å². The van der Waals surface area contributed by atoms with E-state index in [0.717, 1.165) is 40.6 Å². The number of aryl methyl sites for hydroxylation is 1. The van der Waals surface area contributed by atoms with Gasteiger partial charge < -0.3 is 10.1 Å². The molecule has 0 aliphatic carbocycles. The first-order chi connectivity index (χ1) is 15.7. The van der Waals surface area contributed by atoms with Gasteiger partial charge in [-0.25, -0.2) is 4.68 Å². The Balaban J connectivity index is 0.00000141. The maximum Gasteiger partial charge on any atom is 0.134 e. The molecule has 3 aromatic carbocycles. The first kappa shape index (κ1) is 22.9. The van der Waals surface area contributed by atoms with E-state index in [0.29, 0.717) is 6.61 Å². The molecule has 0 fully saturated rings. The van der Waals surface area contributed by atoms with Crippen molar-refractivity contribution >= 4 is 5.82 Å². The van der Waals surface area contributed by atoms with Crippen molar-refractivity contribution in [2.45, 2.75) is 33.8 Å². The molecule has 0 amide bonds. The molecule has 1 heterocycles. The van der Waals surface area contributed by atoms with E-state index in [1.54, 1.807) is 0 Å². The molecule has 0 saturated heterocycles. The summed E-state index contributed by atoms with van der Waals surface area (Å²) in [6.45, 7) is 10.8. The van der Waals surface area contributed by atoms with Crippen molar-refractivity contribution in [1.29, 1.82) is 0 Å². The molecule has 4 heteroatoms. The average Bonchev–Trinajstić information content (AvgIpc) is 3.21. The van der Waals surface area contributed by atoms with Crippen molar-refractivity contribution in [3.05, 3.63) is 120 Å². The number of nitrogens with zero attached hydrogens (tertiary/aromatic N) is 2. The molecule has 32 heavy (non-hydrogen) atoms. The highest BCUT2D eigenvalue weighted by molar-refractivity contribution is 5.50. The molecule has 0 saturated carbocycles. The number of anilines is 1. The maximum absolute atomic E-state index is 5.87. The number of ether oxygens (including phenoxy) is 1. The highest BCUT2D eigenvalue weighted by Gasteiger charge is 2.09. The molecule has 0 radical (unpaired) electrons. The predicted octanol–water partition coefficient (Wildman–Crippen LogP) is 6.95. The molecule has 1 N–H and O–H groups in total. The third-order valence-corrected chi connectivity index (χ3v) is 4.73. The van der Waals surface area contributed by atoms with Gasteiger partial charge in [-0.05, 0) is 42.3 Å². The Kier molecular flexibility index (Phi) is 8.27. The van der Waals surface area contributed by atoms with E-state index in [-0.39, 0.29) is 0 Å². The fourth-order valence-electron chi connectivity index (χ4n) is 3.27. The predicted molar refractivity (Wildman–Crippen MR) is 133 cm³/mol. The lowest BCUT2D eigenvalue weighted by Gasteiger charge is -2.12. The van der Waals surface area contributed by atoms with Crippen LogP contribution in [-0.4, -0.2) is 9.78 Å². The van der Waals surface area contributed by atoms with Crippen LogP contribution in [0.5, 0.6) is 5.75 Å². The Hall–Kier alpha value is -3.79. The monoisotopic (exact) mass is 425 g/mol. The quantitative estimate of drug-likeness (QED) is 0.332. The normalized spacial score (nSPS) is 10.1. The molecule has 0 aliphatic rings. The van der Waals surface area contributed by atoms with E-state index in [2.05, 4.69) is 41.3 Å². The summed E-state index contributed by atoms with van der Waals surface area (Å²) < 4.78 is 7.77. The minimum absolute atomic E-state index is 0.567. The van der Waals surface area contributed by atoms with Gasteiger partial charge in [0.05, 0.1) is 11.4 Å². The number of aromatic nitrogens is 2. The molecule has 164 valence electrons. The Morgan fingerprint density at radius 2 is 1.50 bits per heavy atom. The molecule has 0 spiro atoms. The molecule has 0 bridgehead atoms. The second kappa shape index (κ2) is 11.6. The maximum atomic E-state index is 5.87. The Morgan fingerprint density at radius 3 is 2.16 bits per heavy atom. The number of benzene rings is 3. The van der Waals surface area contributed by atoms with E-state index in [4.69, 9.17) is 4.74 Å². The van der Waals surface area contributed by atoms with Crippen LogP contribution in [0.15, 0.2) is 103 Å². The lowest BCUT2D eigenvalue weighted by Crippen LogP contribution is -2.07. The molecule has 0 aliphatic heterocycles. The van der Waals surface area contributed by atoms with E-state index >= 15 is 0 Å². The first-order valence-electron chi connectivity index (χ1n) is 11.0. The zero-order valence-electron chi connectivity index (χ0n) is 19.1. The van der Waals surface area contributed by atoms with Gasteiger partial charge in [0.25, 0.3) is 0 Å². The van der Waals surface area contributed by atoms with Gasteiger partial charge in [-0.2, -0.15) is 5.10 Å². The summed E-state index contributed by atoms with van der Waals surface area (Å²) in [6, 6.07) is 30.4. The smallest absolute Gasteiger partial charge is 0.134 e. The molecular formula is C28H31N3O. The standard InChI is InChI=1S/C26H25N3O.C2H6/c1-20(27-26-18-21(2)28-29(26)24-11-7-4-8-12-24)17-22-13-15-25(16-14-22)30-19-23-9-5-3-6-10-23;1-2/h3-16,18,27H,1,17,19H2,2H3;1-2H3. The van der Waals surface area contributed by atoms with Crippen LogP contribution in [0.1, 0.15) is 30.7 Å². The van der Waals surface area contributed by atoms with E-state index in [1.165, 1.54) is 5.56 Å². The summed E-state index contributed by atoms with van der Waals surface area (Å²) in [4.78, 5) is 0. The number of hydrogen-bond donors (Lipinski definition) is 1. The largest absolute Gasteiger partial charge is 0.489 e. The Bertz CT molecular complexity index is 1100. The molecular weight excluding hydrogens is 394 g/mol. The van der Waals surface area contributed by atoms with Crippen LogP contribution in [0.2, 0.25) is 0 Å². The van der Waals surface area contributed by atoms with Crippen LogP contribution in [0.25, 0.3) is 5.69 Å². The fourth-order valence-corrected chi connectivity index (χ4v) is 3.27. The number of rotatable bonds is 8. The van der Waals surface area contributed by atoms with E-state index in [1.807, 2.05) is 92.2 Å². The van der Waals surface area contributed by atoms with E-state index < -0.39 is 0 Å². The first-order valence-corrected chi connectivity index (χ1v) is 11.0. The SMILES string of the molecule is C=C(Cc1ccc(OCc2ccccc2)cc1)Nc1cc(C)nn1-c1ccccc1.CC. The summed E-state index contributed by atoms with van der Waals surface area (Å²) in [6.07, 6.45) is 0.720. The van der Waals surface area contributed by atoms with Gasteiger partial charge in [-0.3, -0.25) is 0 Å². The molecule has 4 aromatic rings. The number of allylic oxidation sites excluding steroid dienone is 1. The van der Waals surface area contributed by atoms with Gasteiger partial charge in [0.15, 0.2) is 0 Å². The van der Waals surface area contributed by atoms with Gasteiger partial charge in [0, 0.05) is 18.2 Å². The van der Waals surface area contributed by atoms with Crippen molar-refractivity contribution in [3.63, 3.8) is 0 Å². The van der Waals surface area contributed by atoms with Crippen LogP contribution in [0.3, 0.4) is 0 Å². The zero-order chi connectivity index (χ0) is 22.8. The van der Waals surface area contributed by atoms with Crippen molar-refractivity contribution in [3.8, 4) is 11.4 Å². The lowest BCUT2D eigenvalue weighted by molar-refractivity contribution is 0.306. The van der Waals surface area contributed by atoms with Crippen molar-refractivity contribution in [2.24, 2.45) is 0 Å². The van der Waals surface area contributed by atoms with Crippen molar-refractivity contribution in [2.75, 3.05) is 5.32 Å². The molecule has 1 aromatic heterocycles. The van der Waals surface area contributed by atoms with Gasteiger partial charge in [0.1, 0.15) is 18.2 Å². The third kappa shape index (κ3) is 6.35. The minimum Gasteiger partial charge on any atom is -0.489 e. The van der Waals surface area contributed by atoms with Gasteiger partial charge in [-0.15, -0.1) is 0 Å². The zero-order valence-corrected chi connectivity index (χ0v) is 19.1. The van der Waals surface area contributed by atoms with Gasteiger partial charge >= 0.3 is 0 Å². The van der Waals surface area contributed by atoms with Crippen molar-refractivity contribution < 1.29 is 4.74 Å². The van der Waals surface area contributed by atoms with Gasteiger partial charge in [-0.1, -0.05) is 81.1 Å². The minimum atomic E-state index is 0.567. The molecule has 0 unspecified atom stereocenters. The Morgan fingerprint density at radius 1 is 0.875 bits per heavy atom. The van der Waals surface area contributed by atoms with Crippen LogP contribution in [-0.2, 0) is 13.0 Å². The second-order valence-corrected chi connectivity index (χ2v) is 7.24. The highest BCUT2D eigenvalue weighted by atomic mass is 16.5. The summed E-state index contributed by atoms with van der Waals surface area (Å²) >= 11 is 0. The lowest BCUT2D eigenvalue weighted by atomic mass is 10.1. The summed E-state index contributed by atoms with van der Waals surface area (Å²) in [5.41, 5.74) is 5.20.